The van der Waals surface area contributed by atoms with E-state index in [2.05, 4.69) is 22.4 Å². The average Bonchev–Trinajstić information content (AvgIpc) is 3.23. The van der Waals surface area contributed by atoms with E-state index in [0.29, 0.717) is 42.7 Å². The molecule has 0 radical (unpaired) electrons. The predicted molar refractivity (Wildman–Crippen MR) is 134 cm³/mol. The van der Waals surface area contributed by atoms with Crippen LogP contribution < -0.4 is 11.2 Å². The molecular formula is C24H28FN7O2S. The van der Waals surface area contributed by atoms with E-state index in [1.165, 1.54) is 28.6 Å². The molecule has 1 aliphatic rings. The molecule has 0 aliphatic carbocycles. The number of hydrogen-bond donors (Lipinski definition) is 2. The molecule has 11 heteroatoms. The number of rotatable bonds is 8. The van der Waals surface area contributed by atoms with E-state index in [4.69, 9.17) is 5.84 Å². The van der Waals surface area contributed by atoms with Gasteiger partial charge in [0.2, 0.25) is 17.0 Å². The van der Waals surface area contributed by atoms with Gasteiger partial charge in [0.05, 0.1) is 12.3 Å². The molecule has 9 nitrogen and oxygen atoms in total. The summed E-state index contributed by atoms with van der Waals surface area (Å²) >= 11 is 1.20. The Kier molecular flexibility index (Phi) is 7.98. The van der Waals surface area contributed by atoms with Crippen molar-refractivity contribution in [3.05, 3.63) is 59.9 Å². The summed E-state index contributed by atoms with van der Waals surface area (Å²) in [4.78, 5) is 29.0. The Morgan fingerprint density at radius 1 is 1.06 bits per heavy atom. The monoisotopic (exact) mass is 497 g/mol. The highest BCUT2D eigenvalue weighted by atomic mass is 32.2. The van der Waals surface area contributed by atoms with E-state index in [0.717, 1.165) is 17.7 Å². The molecule has 1 aliphatic heterocycles. The highest BCUT2D eigenvalue weighted by Gasteiger charge is 2.23. The standard InChI is InChI=1S/C24H28FN7O2S/c1-2-17-5-3-4-6-20(17)27-21(33)15-30-11-13-31(14-12-30)22(34)16-35-24-29-28-23(32(24)26)18-7-9-19(25)10-8-18/h3-10H,2,11-16,26H2,1H3,(H,27,33). The van der Waals surface area contributed by atoms with E-state index < -0.39 is 0 Å². The second-order valence-electron chi connectivity index (χ2n) is 8.19. The third kappa shape index (κ3) is 6.17. The Balaban J connectivity index is 1.23. The number of halogens is 1. The Bertz CT molecular complexity index is 1180. The zero-order valence-electron chi connectivity index (χ0n) is 19.5. The molecule has 1 aromatic heterocycles. The fourth-order valence-corrected chi connectivity index (χ4v) is 4.65. The van der Waals surface area contributed by atoms with Gasteiger partial charge in [-0.1, -0.05) is 36.9 Å². The van der Waals surface area contributed by atoms with Crippen LogP contribution >= 0.6 is 11.8 Å². The summed E-state index contributed by atoms with van der Waals surface area (Å²) in [6.07, 6.45) is 0.850. The number of nitrogens with one attached hydrogen (secondary N) is 1. The lowest BCUT2D eigenvalue weighted by Crippen LogP contribution is -2.50. The van der Waals surface area contributed by atoms with Gasteiger partial charge < -0.3 is 16.1 Å². The molecule has 0 bridgehead atoms. The van der Waals surface area contributed by atoms with Gasteiger partial charge in [0.15, 0.2) is 5.82 Å². The van der Waals surface area contributed by atoms with E-state index in [-0.39, 0.29) is 29.9 Å². The molecular weight excluding hydrogens is 469 g/mol. The summed E-state index contributed by atoms with van der Waals surface area (Å²) < 4.78 is 14.5. The minimum atomic E-state index is -0.348. The number of para-hydroxylation sites is 1. The van der Waals surface area contributed by atoms with Crippen LogP contribution in [-0.2, 0) is 16.0 Å². The van der Waals surface area contributed by atoms with Gasteiger partial charge in [-0.2, -0.15) is 0 Å². The summed E-state index contributed by atoms with van der Waals surface area (Å²) in [6.45, 7) is 4.70. The zero-order valence-corrected chi connectivity index (χ0v) is 20.3. The minimum Gasteiger partial charge on any atom is -0.339 e. The average molecular weight is 498 g/mol. The van der Waals surface area contributed by atoms with E-state index >= 15 is 0 Å². The second kappa shape index (κ2) is 11.3. The van der Waals surface area contributed by atoms with Crippen molar-refractivity contribution in [1.82, 2.24) is 24.7 Å². The van der Waals surface area contributed by atoms with Gasteiger partial charge in [0, 0.05) is 37.4 Å². The quantitative estimate of drug-likeness (QED) is 0.363. The van der Waals surface area contributed by atoms with Gasteiger partial charge in [0.25, 0.3) is 0 Å². The maximum atomic E-state index is 13.2. The van der Waals surface area contributed by atoms with Crippen LogP contribution in [0, 0.1) is 5.82 Å². The van der Waals surface area contributed by atoms with Gasteiger partial charge in [-0.3, -0.25) is 14.5 Å². The van der Waals surface area contributed by atoms with Gasteiger partial charge >= 0.3 is 0 Å². The van der Waals surface area contributed by atoms with Crippen molar-refractivity contribution in [2.45, 2.75) is 18.5 Å². The lowest BCUT2D eigenvalue weighted by molar-refractivity contribution is -0.130. The van der Waals surface area contributed by atoms with Crippen LogP contribution in [-0.4, -0.2) is 75.0 Å². The fraction of sp³-hybridized carbons (Fsp3) is 0.333. The van der Waals surface area contributed by atoms with Gasteiger partial charge in [-0.15, -0.1) is 10.2 Å². The van der Waals surface area contributed by atoms with Crippen molar-refractivity contribution in [2.24, 2.45) is 0 Å². The second-order valence-corrected chi connectivity index (χ2v) is 9.13. The number of nitrogens with zero attached hydrogens (tertiary/aromatic N) is 5. The number of nitrogen functional groups attached to an aromatic ring is 1. The highest BCUT2D eigenvalue weighted by Crippen LogP contribution is 2.22. The predicted octanol–water partition coefficient (Wildman–Crippen LogP) is 2.24. The number of carbonyl (C=O) groups is 2. The topological polar surface area (TPSA) is 109 Å². The molecule has 35 heavy (non-hydrogen) atoms. The van der Waals surface area contributed by atoms with Crippen molar-refractivity contribution >= 4 is 29.3 Å². The molecule has 3 N–H and O–H groups in total. The number of hydrogen-bond acceptors (Lipinski definition) is 7. The van der Waals surface area contributed by atoms with Crippen LogP contribution in [0.4, 0.5) is 10.1 Å². The molecule has 0 unspecified atom stereocenters. The van der Waals surface area contributed by atoms with Crippen LogP contribution in [0.15, 0.2) is 53.7 Å². The molecule has 0 saturated carbocycles. The third-order valence-corrected chi connectivity index (χ3v) is 6.78. The van der Waals surface area contributed by atoms with E-state index in [1.54, 1.807) is 17.0 Å². The lowest BCUT2D eigenvalue weighted by atomic mass is 10.1. The van der Waals surface area contributed by atoms with E-state index in [9.17, 15) is 14.0 Å². The van der Waals surface area contributed by atoms with Crippen molar-refractivity contribution in [1.29, 1.82) is 0 Å². The molecule has 0 atom stereocenters. The molecule has 1 saturated heterocycles. The number of carbonyl (C=O) groups excluding carboxylic acids is 2. The molecule has 2 heterocycles. The smallest absolute Gasteiger partial charge is 0.238 e. The SMILES string of the molecule is CCc1ccccc1NC(=O)CN1CCN(C(=O)CSc2nnc(-c3ccc(F)cc3)n2N)CC1. The highest BCUT2D eigenvalue weighted by molar-refractivity contribution is 7.99. The Hall–Kier alpha value is -3.44. The van der Waals surface area contributed by atoms with Gasteiger partial charge in [-0.05, 0) is 42.3 Å². The molecule has 1 fully saturated rings. The lowest BCUT2D eigenvalue weighted by Gasteiger charge is -2.34. The maximum absolute atomic E-state index is 13.2. The van der Waals surface area contributed by atoms with Crippen LogP contribution in [0.1, 0.15) is 12.5 Å². The summed E-state index contributed by atoms with van der Waals surface area (Å²) in [5, 5.41) is 11.5. The summed E-state index contributed by atoms with van der Waals surface area (Å²) in [7, 11) is 0. The first-order valence-corrected chi connectivity index (χ1v) is 12.4. The first kappa shape index (κ1) is 24.7. The number of thioether (sulfide) groups is 1. The number of amides is 2. The number of piperazine rings is 1. The minimum absolute atomic E-state index is 0.0256. The number of anilines is 1. The molecule has 3 aromatic rings. The maximum Gasteiger partial charge on any atom is 0.238 e. The van der Waals surface area contributed by atoms with Crippen molar-refractivity contribution in [3.63, 3.8) is 0 Å². The molecule has 184 valence electrons. The summed E-state index contributed by atoms with van der Waals surface area (Å²) in [6, 6.07) is 13.6. The molecule has 4 rings (SSSR count). The molecule has 2 amide bonds. The van der Waals surface area contributed by atoms with Crippen molar-refractivity contribution in [3.8, 4) is 11.4 Å². The largest absolute Gasteiger partial charge is 0.339 e. The van der Waals surface area contributed by atoms with E-state index in [1.807, 2.05) is 29.2 Å². The van der Waals surface area contributed by atoms with Crippen LogP contribution in [0.2, 0.25) is 0 Å². The van der Waals surface area contributed by atoms with Crippen LogP contribution in [0.5, 0.6) is 0 Å². The van der Waals surface area contributed by atoms with Gasteiger partial charge in [-0.25, -0.2) is 9.07 Å². The normalized spacial score (nSPS) is 14.2. The first-order chi connectivity index (χ1) is 16.9. The fourth-order valence-electron chi connectivity index (χ4n) is 3.89. The summed E-state index contributed by atoms with van der Waals surface area (Å²) in [5.41, 5.74) is 2.59. The number of nitrogens with two attached hydrogens (primary N) is 1. The van der Waals surface area contributed by atoms with Gasteiger partial charge in [0.1, 0.15) is 5.82 Å². The Morgan fingerprint density at radius 2 is 1.77 bits per heavy atom. The Morgan fingerprint density at radius 3 is 2.49 bits per heavy atom. The number of benzene rings is 2. The zero-order chi connectivity index (χ0) is 24.8. The number of aromatic nitrogens is 3. The third-order valence-electron chi connectivity index (χ3n) is 5.86. The Labute approximate surface area is 207 Å². The summed E-state index contributed by atoms with van der Waals surface area (Å²) in [5.74, 6) is 6.23. The van der Waals surface area contributed by atoms with Crippen LogP contribution in [0.25, 0.3) is 11.4 Å². The van der Waals surface area contributed by atoms with Crippen LogP contribution in [0.3, 0.4) is 0 Å². The first-order valence-electron chi connectivity index (χ1n) is 11.4. The molecule has 0 spiro atoms. The van der Waals surface area contributed by atoms with Crippen molar-refractivity contribution in [2.75, 3.05) is 49.6 Å². The number of aryl methyl sites for hydroxylation is 1. The van der Waals surface area contributed by atoms with Crippen molar-refractivity contribution < 1.29 is 14.0 Å². The molecule has 2 aromatic carbocycles.